The highest BCUT2D eigenvalue weighted by Crippen LogP contribution is 2.25. The number of thiophene rings is 1. The predicted molar refractivity (Wildman–Crippen MR) is 104 cm³/mol. The van der Waals surface area contributed by atoms with Crippen molar-refractivity contribution in [3.8, 4) is 0 Å². The van der Waals surface area contributed by atoms with Crippen molar-refractivity contribution in [3.05, 3.63) is 57.8 Å². The molecule has 0 saturated carbocycles. The quantitative estimate of drug-likeness (QED) is 0.703. The van der Waals surface area contributed by atoms with Gasteiger partial charge in [-0.1, -0.05) is 24.3 Å². The van der Waals surface area contributed by atoms with E-state index in [9.17, 15) is 4.79 Å². The molecule has 4 rings (SSSR count). The Morgan fingerprint density at radius 2 is 1.84 bits per heavy atom. The minimum Gasteiger partial charge on any atom is -0.353 e. The van der Waals surface area contributed by atoms with E-state index in [1.807, 2.05) is 22.4 Å². The molecule has 0 radical (unpaired) electrons. The summed E-state index contributed by atoms with van der Waals surface area (Å²) >= 11 is 1.51. The third-order valence-corrected chi connectivity index (χ3v) is 5.72. The number of nitrogens with zero attached hydrogens (tertiary/aromatic N) is 3. The number of piperazine rings is 1. The van der Waals surface area contributed by atoms with Gasteiger partial charge in [0.15, 0.2) is 0 Å². The van der Waals surface area contributed by atoms with Gasteiger partial charge in [-0.2, -0.15) is 0 Å². The topological polar surface area (TPSA) is 36.4 Å². The lowest BCUT2D eigenvalue weighted by atomic mass is 10.1. The summed E-state index contributed by atoms with van der Waals surface area (Å²) in [5.41, 5.74) is 3.53. The van der Waals surface area contributed by atoms with E-state index in [4.69, 9.17) is 4.98 Å². The SMILES string of the molecule is Cc1cc(N2CCN(C(=O)c3cccs3)CC2)nc2c(C)cccc12. The van der Waals surface area contributed by atoms with E-state index in [-0.39, 0.29) is 5.91 Å². The second kappa shape index (κ2) is 6.48. The zero-order chi connectivity index (χ0) is 17.4. The number of pyridine rings is 1. The van der Waals surface area contributed by atoms with Crippen LogP contribution in [-0.4, -0.2) is 42.0 Å². The van der Waals surface area contributed by atoms with Gasteiger partial charge in [-0.3, -0.25) is 4.79 Å². The van der Waals surface area contributed by atoms with Gasteiger partial charge in [0.2, 0.25) is 0 Å². The Hall–Kier alpha value is -2.40. The highest BCUT2D eigenvalue weighted by Gasteiger charge is 2.23. The van der Waals surface area contributed by atoms with Crippen LogP contribution in [0.1, 0.15) is 20.8 Å². The molecule has 1 aliphatic heterocycles. The molecule has 1 fully saturated rings. The van der Waals surface area contributed by atoms with Crippen LogP contribution >= 0.6 is 11.3 Å². The number of amides is 1. The van der Waals surface area contributed by atoms with Crippen LogP contribution in [0.2, 0.25) is 0 Å². The Kier molecular flexibility index (Phi) is 4.17. The molecule has 2 aromatic heterocycles. The highest BCUT2D eigenvalue weighted by atomic mass is 32.1. The zero-order valence-electron chi connectivity index (χ0n) is 14.5. The fraction of sp³-hybridized carbons (Fsp3) is 0.300. The van der Waals surface area contributed by atoms with Gasteiger partial charge in [-0.25, -0.2) is 4.98 Å². The van der Waals surface area contributed by atoms with Crippen molar-refractivity contribution in [2.75, 3.05) is 31.1 Å². The van der Waals surface area contributed by atoms with Crippen molar-refractivity contribution >= 4 is 34.0 Å². The summed E-state index contributed by atoms with van der Waals surface area (Å²) in [7, 11) is 0. The van der Waals surface area contributed by atoms with Crippen molar-refractivity contribution < 1.29 is 4.79 Å². The van der Waals surface area contributed by atoms with Gasteiger partial charge in [0.25, 0.3) is 5.91 Å². The third kappa shape index (κ3) is 3.00. The van der Waals surface area contributed by atoms with E-state index >= 15 is 0 Å². The number of hydrogen-bond donors (Lipinski definition) is 0. The molecule has 4 nitrogen and oxygen atoms in total. The number of aryl methyl sites for hydroxylation is 2. The minimum absolute atomic E-state index is 0.146. The Labute approximate surface area is 151 Å². The van der Waals surface area contributed by atoms with E-state index in [2.05, 4.69) is 43.0 Å². The number of aromatic nitrogens is 1. The maximum Gasteiger partial charge on any atom is 0.264 e. The first-order valence-corrected chi connectivity index (χ1v) is 9.46. The number of fused-ring (bicyclic) bond motifs is 1. The highest BCUT2D eigenvalue weighted by molar-refractivity contribution is 7.12. The van der Waals surface area contributed by atoms with E-state index in [0.29, 0.717) is 0 Å². The van der Waals surface area contributed by atoms with E-state index < -0.39 is 0 Å². The molecule has 0 spiro atoms. The van der Waals surface area contributed by atoms with Gasteiger partial charge in [-0.15, -0.1) is 11.3 Å². The molecule has 128 valence electrons. The van der Waals surface area contributed by atoms with E-state index in [1.165, 1.54) is 27.8 Å². The van der Waals surface area contributed by atoms with Gasteiger partial charge >= 0.3 is 0 Å². The third-order valence-electron chi connectivity index (χ3n) is 4.86. The summed E-state index contributed by atoms with van der Waals surface area (Å²) in [4.78, 5) is 22.4. The summed E-state index contributed by atoms with van der Waals surface area (Å²) in [5.74, 6) is 1.16. The van der Waals surface area contributed by atoms with Crippen LogP contribution in [0.4, 0.5) is 5.82 Å². The Bertz CT molecular complexity index is 912. The van der Waals surface area contributed by atoms with Crippen LogP contribution in [-0.2, 0) is 0 Å². The normalized spacial score (nSPS) is 15.0. The summed E-state index contributed by atoms with van der Waals surface area (Å²) in [6, 6.07) is 12.3. The maximum absolute atomic E-state index is 12.5. The summed E-state index contributed by atoms with van der Waals surface area (Å²) < 4.78 is 0. The number of anilines is 1. The molecular weight excluding hydrogens is 330 g/mol. The molecule has 3 aromatic rings. The lowest BCUT2D eigenvalue weighted by Gasteiger charge is -2.35. The van der Waals surface area contributed by atoms with Crippen LogP contribution in [0.15, 0.2) is 41.8 Å². The van der Waals surface area contributed by atoms with E-state index in [1.54, 1.807) is 0 Å². The van der Waals surface area contributed by atoms with Gasteiger partial charge in [0, 0.05) is 31.6 Å². The predicted octanol–water partition coefficient (Wildman–Crippen LogP) is 3.88. The number of carbonyl (C=O) groups excluding carboxylic acids is 1. The Morgan fingerprint density at radius 3 is 2.56 bits per heavy atom. The largest absolute Gasteiger partial charge is 0.353 e. The van der Waals surface area contributed by atoms with Crippen LogP contribution in [0.5, 0.6) is 0 Å². The molecule has 1 aromatic carbocycles. The van der Waals surface area contributed by atoms with Crippen LogP contribution in [0.3, 0.4) is 0 Å². The van der Waals surface area contributed by atoms with Crippen molar-refractivity contribution in [1.29, 1.82) is 0 Å². The summed E-state index contributed by atoms with van der Waals surface area (Å²) in [6.07, 6.45) is 0. The number of rotatable bonds is 2. The fourth-order valence-electron chi connectivity index (χ4n) is 3.40. The maximum atomic E-state index is 12.5. The summed E-state index contributed by atoms with van der Waals surface area (Å²) in [6.45, 7) is 7.37. The Morgan fingerprint density at radius 1 is 1.04 bits per heavy atom. The molecule has 1 amide bonds. The molecule has 0 N–H and O–H groups in total. The van der Waals surface area contributed by atoms with Crippen molar-refractivity contribution in [3.63, 3.8) is 0 Å². The first kappa shape index (κ1) is 16.1. The van der Waals surface area contributed by atoms with Crippen LogP contribution in [0, 0.1) is 13.8 Å². The number of carbonyl (C=O) groups is 1. The average Bonchev–Trinajstić information content (AvgIpc) is 3.17. The Balaban J connectivity index is 1.54. The second-order valence-electron chi connectivity index (χ2n) is 6.52. The average molecular weight is 351 g/mol. The minimum atomic E-state index is 0.146. The summed E-state index contributed by atoms with van der Waals surface area (Å²) in [5, 5.41) is 3.17. The molecule has 25 heavy (non-hydrogen) atoms. The molecule has 0 unspecified atom stereocenters. The van der Waals surface area contributed by atoms with E-state index in [0.717, 1.165) is 42.4 Å². The first-order valence-electron chi connectivity index (χ1n) is 8.58. The molecule has 1 aliphatic rings. The molecular formula is C20H21N3OS. The van der Waals surface area contributed by atoms with Crippen molar-refractivity contribution in [1.82, 2.24) is 9.88 Å². The standard InChI is InChI=1S/C20H21N3OS/c1-14-5-3-6-16-15(2)13-18(21-19(14)16)22-8-10-23(11-9-22)20(24)17-7-4-12-25-17/h3-7,12-13H,8-11H2,1-2H3. The lowest BCUT2D eigenvalue weighted by Crippen LogP contribution is -2.48. The van der Waals surface area contributed by atoms with Gasteiger partial charge < -0.3 is 9.80 Å². The molecule has 0 atom stereocenters. The van der Waals surface area contributed by atoms with Gasteiger partial charge in [0.05, 0.1) is 10.4 Å². The van der Waals surface area contributed by atoms with Crippen molar-refractivity contribution in [2.24, 2.45) is 0 Å². The fourth-order valence-corrected chi connectivity index (χ4v) is 4.09. The van der Waals surface area contributed by atoms with Crippen LogP contribution in [0.25, 0.3) is 10.9 Å². The van der Waals surface area contributed by atoms with Gasteiger partial charge in [-0.05, 0) is 42.5 Å². The second-order valence-corrected chi connectivity index (χ2v) is 7.47. The number of para-hydroxylation sites is 1. The van der Waals surface area contributed by atoms with Crippen LogP contribution < -0.4 is 4.90 Å². The zero-order valence-corrected chi connectivity index (χ0v) is 15.3. The molecule has 1 saturated heterocycles. The molecule has 5 heteroatoms. The van der Waals surface area contributed by atoms with Gasteiger partial charge in [0.1, 0.15) is 5.82 Å². The number of hydrogen-bond acceptors (Lipinski definition) is 4. The number of benzene rings is 1. The molecule has 0 bridgehead atoms. The lowest BCUT2D eigenvalue weighted by molar-refractivity contribution is 0.0751. The molecule has 3 heterocycles. The molecule has 0 aliphatic carbocycles. The smallest absolute Gasteiger partial charge is 0.264 e. The van der Waals surface area contributed by atoms with Crippen molar-refractivity contribution in [2.45, 2.75) is 13.8 Å². The first-order chi connectivity index (χ1) is 12.1. The monoisotopic (exact) mass is 351 g/mol.